The minimum atomic E-state index is -4.60. The number of carbonyl (C=O) groups excluding carboxylic acids is 1. The van der Waals surface area contributed by atoms with E-state index in [4.69, 9.17) is 4.74 Å². The van der Waals surface area contributed by atoms with Gasteiger partial charge in [0.05, 0.1) is 33.4 Å². The highest BCUT2D eigenvalue weighted by Gasteiger charge is 2.37. The summed E-state index contributed by atoms with van der Waals surface area (Å²) in [5, 5.41) is 7.23. The fourth-order valence-electron chi connectivity index (χ4n) is 2.20. The molecule has 0 aromatic carbocycles. The third-order valence-electron chi connectivity index (χ3n) is 3.33. The van der Waals surface area contributed by atoms with E-state index in [0.29, 0.717) is 6.54 Å². The highest BCUT2D eigenvalue weighted by molar-refractivity contribution is 5.69. The van der Waals surface area contributed by atoms with Crippen LogP contribution >= 0.6 is 0 Å². The summed E-state index contributed by atoms with van der Waals surface area (Å²) in [5.74, 6) is -0.981. The number of methoxy groups -OCH3 is 2. The SMILES string of the molecule is COC(=O)CC1CN(c2cc(C(F)(F)F)c(OC)nn2)CCO1. The van der Waals surface area contributed by atoms with Gasteiger partial charge in [-0.3, -0.25) is 4.79 Å². The Bertz CT molecular complexity index is 568. The quantitative estimate of drug-likeness (QED) is 0.767. The second kappa shape index (κ2) is 6.99. The van der Waals surface area contributed by atoms with E-state index in [2.05, 4.69) is 19.7 Å². The smallest absolute Gasteiger partial charge is 0.421 e. The summed E-state index contributed by atoms with van der Waals surface area (Å²) in [6.07, 6.45) is -5.06. The zero-order chi connectivity index (χ0) is 17.0. The number of esters is 1. The van der Waals surface area contributed by atoms with E-state index in [0.717, 1.165) is 13.2 Å². The van der Waals surface area contributed by atoms with Crippen LogP contribution in [0.1, 0.15) is 12.0 Å². The Morgan fingerprint density at radius 3 is 2.78 bits per heavy atom. The Labute approximate surface area is 130 Å². The molecule has 0 radical (unpaired) electrons. The van der Waals surface area contributed by atoms with Crippen LogP contribution in [-0.2, 0) is 20.4 Å². The van der Waals surface area contributed by atoms with E-state index in [1.54, 1.807) is 4.90 Å². The molecule has 1 fully saturated rings. The molecule has 0 amide bonds. The second-order valence-corrected chi connectivity index (χ2v) is 4.84. The van der Waals surface area contributed by atoms with Gasteiger partial charge in [-0.2, -0.15) is 13.2 Å². The molecule has 1 aromatic heterocycles. The first kappa shape index (κ1) is 17.3. The maximum absolute atomic E-state index is 13.0. The predicted molar refractivity (Wildman–Crippen MR) is 72.2 cm³/mol. The number of rotatable bonds is 4. The lowest BCUT2D eigenvalue weighted by Gasteiger charge is -2.33. The molecule has 23 heavy (non-hydrogen) atoms. The van der Waals surface area contributed by atoms with Crippen LogP contribution in [0.15, 0.2) is 6.07 Å². The van der Waals surface area contributed by atoms with Crippen molar-refractivity contribution >= 4 is 11.8 Å². The number of anilines is 1. The highest BCUT2D eigenvalue weighted by atomic mass is 19.4. The van der Waals surface area contributed by atoms with Crippen molar-refractivity contribution < 1.29 is 32.2 Å². The van der Waals surface area contributed by atoms with Gasteiger partial charge in [0, 0.05) is 19.2 Å². The molecule has 1 unspecified atom stereocenters. The number of carbonyl (C=O) groups is 1. The van der Waals surface area contributed by atoms with E-state index in [1.807, 2.05) is 0 Å². The van der Waals surface area contributed by atoms with Crippen LogP contribution in [0, 0.1) is 0 Å². The molecular formula is C13H16F3N3O4. The van der Waals surface area contributed by atoms with Crippen molar-refractivity contribution in [1.82, 2.24) is 10.2 Å². The van der Waals surface area contributed by atoms with Crippen LogP contribution in [-0.4, -0.2) is 56.2 Å². The van der Waals surface area contributed by atoms with Gasteiger partial charge in [-0.05, 0) is 0 Å². The standard InChI is InChI=1S/C13H16F3N3O4/c1-21-11(20)5-8-7-19(3-4-23-8)10-6-9(13(14,15)16)12(22-2)18-17-10/h6,8H,3-5,7H2,1-2H3. The number of alkyl halides is 3. The minimum Gasteiger partial charge on any atom is -0.479 e. The molecule has 2 rings (SSSR count). The molecule has 128 valence electrons. The summed E-state index contributed by atoms with van der Waals surface area (Å²) < 4.78 is 53.6. The number of morpholine rings is 1. The van der Waals surface area contributed by atoms with Gasteiger partial charge in [0.15, 0.2) is 5.82 Å². The van der Waals surface area contributed by atoms with E-state index >= 15 is 0 Å². The third kappa shape index (κ3) is 4.21. The van der Waals surface area contributed by atoms with Gasteiger partial charge in [-0.25, -0.2) is 0 Å². The molecule has 0 bridgehead atoms. The third-order valence-corrected chi connectivity index (χ3v) is 3.33. The van der Waals surface area contributed by atoms with E-state index < -0.39 is 29.7 Å². The number of aromatic nitrogens is 2. The molecule has 1 aliphatic rings. The van der Waals surface area contributed by atoms with Crippen molar-refractivity contribution in [3.8, 4) is 5.88 Å². The van der Waals surface area contributed by atoms with Crippen LogP contribution in [0.4, 0.5) is 19.0 Å². The monoisotopic (exact) mass is 335 g/mol. The molecule has 2 heterocycles. The summed E-state index contributed by atoms with van der Waals surface area (Å²) in [4.78, 5) is 12.9. The molecule has 0 spiro atoms. The first-order valence-electron chi connectivity index (χ1n) is 6.77. The van der Waals surface area contributed by atoms with Crippen LogP contribution in [0.5, 0.6) is 5.88 Å². The zero-order valence-corrected chi connectivity index (χ0v) is 12.6. The number of halogens is 3. The summed E-state index contributed by atoms with van der Waals surface area (Å²) in [7, 11) is 2.35. The normalized spacial score (nSPS) is 18.7. The van der Waals surface area contributed by atoms with Crippen LogP contribution < -0.4 is 9.64 Å². The van der Waals surface area contributed by atoms with Crippen molar-refractivity contribution in [2.24, 2.45) is 0 Å². The molecule has 7 nitrogen and oxygen atoms in total. The van der Waals surface area contributed by atoms with Crippen molar-refractivity contribution in [2.45, 2.75) is 18.7 Å². The Morgan fingerprint density at radius 2 is 2.17 bits per heavy atom. The molecule has 0 saturated carbocycles. The Kier molecular flexibility index (Phi) is 5.24. The van der Waals surface area contributed by atoms with E-state index in [1.165, 1.54) is 7.11 Å². The lowest BCUT2D eigenvalue weighted by atomic mass is 10.2. The summed E-state index contributed by atoms with van der Waals surface area (Å²) in [6.45, 7) is 0.820. The number of hydrogen-bond donors (Lipinski definition) is 0. The maximum atomic E-state index is 13.0. The summed E-state index contributed by atoms with van der Waals surface area (Å²) in [5.41, 5.74) is -0.999. The first-order valence-corrected chi connectivity index (χ1v) is 6.77. The van der Waals surface area contributed by atoms with Crippen molar-refractivity contribution in [2.75, 3.05) is 38.8 Å². The lowest BCUT2D eigenvalue weighted by molar-refractivity contribution is -0.144. The molecule has 1 aromatic rings. The average molecular weight is 335 g/mol. The Morgan fingerprint density at radius 1 is 1.43 bits per heavy atom. The molecule has 1 aliphatic heterocycles. The maximum Gasteiger partial charge on any atom is 0.421 e. The molecule has 0 N–H and O–H groups in total. The highest BCUT2D eigenvalue weighted by Crippen LogP contribution is 2.36. The number of hydrogen-bond acceptors (Lipinski definition) is 7. The van der Waals surface area contributed by atoms with E-state index in [9.17, 15) is 18.0 Å². The van der Waals surface area contributed by atoms with Crippen LogP contribution in [0.25, 0.3) is 0 Å². The number of nitrogens with zero attached hydrogens (tertiary/aromatic N) is 3. The Hall–Kier alpha value is -2.10. The summed E-state index contributed by atoms with van der Waals surface area (Å²) in [6, 6.07) is 0.881. The van der Waals surface area contributed by atoms with Gasteiger partial charge in [0.1, 0.15) is 5.56 Å². The topological polar surface area (TPSA) is 73.8 Å². The average Bonchev–Trinajstić information content (AvgIpc) is 2.53. The van der Waals surface area contributed by atoms with Gasteiger partial charge in [-0.1, -0.05) is 0 Å². The van der Waals surface area contributed by atoms with Crippen molar-refractivity contribution in [1.29, 1.82) is 0 Å². The van der Waals surface area contributed by atoms with E-state index in [-0.39, 0.29) is 25.4 Å². The lowest BCUT2D eigenvalue weighted by Crippen LogP contribution is -2.44. The fraction of sp³-hybridized carbons (Fsp3) is 0.615. The zero-order valence-electron chi connectivity index (χ0n) is 12.6. The first-order chi connectivity index (χ1) is 10.8. The van der Waals surface area contributed by atoms with Gasteiger partial charge < -0.3 is 19.1 Å². The molecular weight excluding hydrogens is 319 g/mol. The Balaban J connectivity index is 2.19. The van der Waals surface area contributed by atoms with Gasteiger partial charge >= 0.3 is 12.1 Å². The minimum absolute atomic E-state index is 0.0166. The van der Waals surface area contributed by atoms with Crippen molar-refractivity contribution in [3.63, 3.8) is 0 Å². The molecule has 0 aliphatic carbocycles. The fourth-order valence-corrected chi connectivity index (χ4v) is 2.20. The van der Waals surface area contributed by atoms with Gasteiger partial charge in [0.25, 0.3) is 0 Å². The van der Waals surface area contributed by atoms with Gasteiger partial charge in [0.2, 0.25) is 5.88 Å². The molecule has 1 saturated heterocycles. The van der Waals surface area contributed by atoms with Crippen LogP contribution in [0.3, 0.4) is 0 Å². The summed E-state index contributed by atoms with van der Waals surface area (Å²) >= 11 is 0. The largest absolute Gasteiger partial charge is 0.479 e. The number of ether oxygens (including phenoxy) is 3. The second-order valence-electron chi connectivity index (χ2n) is 4.84. The predicted octanol–water partition coefficient (Wildman–Crippen LogP) is 1.27. The van der Waals surface area contributed by atoms with Crippen molar-refractivity contribution in [3.05, 3.63) is 11.6 Å². The van der Waals surface area contributed by atoms with Gasteiger partial charge in [-0.15, -0.1) is 10.2 Å². The molecule has 10 heteroatoms. The molecule has 1 atom stereocenters. The van der Waals surface area contributed by atoms with Crippen LogP contribution in [0.2, 0.25) is 0 Å².